The Bertz CT molecular complexity index is 1790. The monoisotopic (exact) mass is 571 g/mol. The second kappa shape index (κ2) is 10.9. The van der Waals surface area contributed by atoms with E-state index in [0.29, 0.717) is 43.5 Å². The Morgan fingerprint density at radius 2 is 1.76 bits per heavy atom. The normalized spacial score (nSPS) is 13.9. The lowest BCUT2D eigenvalue weighted by Gasteiger charge is -2.29. The second-order valence-corrected chi connectivity index (χ2v) is 10.2. The second-order valence-electron chi connectivity index (χ2n) is 10.2. The molecule has 7 nitrogen and oxygen atoms in total. The van der Waals surface area contributed by atoms with Crippen molar-refractivity contribution < 1.29 is 22.7 Å². The molecule has 1 fully saturated rings. The van der Waals surface area contributed by atoms with Gasteiger partial charge in [0.2, 0.25) is 0 Å². The number of morpholine rings is 1. The van der Waals surface area contributed by atoms with E-state index >= 15 is 0 Å². The van der Waals surface area contributed by atoms with E-state index in [2.05, 4.69) is 16.4 Å². The van der Waals surface area contributed by atoms with Gasteiger partial charge in [-0.25, -0.2) is 4.98 Å². The van der Waals surface area contributed by atoms with Crippen LogP contribution in [-0.4, -0.2) is 41.8 Å². The van der Waals surface area contributed by atoms with Crippen LogP contribution in [0.4, 0.5) is 30.4 Å². The summed E-state index contributed by atoms with van der Waals surface area (Å²) < 4.78 is 48.6. The van der Waals surface area contributed by atoms with Gasteiger partial charge in [0.25, 0.3) is 5.91 Å². The van der Waals surface area contributed by atoms with Gasteiger partial charge < -0.3 is 25.3 Å². The molecule has 0 unspecified atom stereocenters. The number of fused-ring (bicyclic) bond motifs is 1. The number of benzene rings is 3. The molecule has 1 aliphatic rings. The van der Waals surface area contributed by atoms with Gasteiger partial charge in [-0.1, -0.05) is 18.2 Å². The van der Waals surface area contributed by atoms with Crippen LogP contribution in [0.25, 0.3) is 27.7 Å². The van der Waals surface area contributed by atoms with Crippen LogP contribution in [0.15, 0.2) is 85.2 Å². The maximum atomic E-state index is 13.7. The maximum Gasteiger partial charge on any atom is 0.416 e. The molecule has 6 rings (SSSR count). The fourth-order valence-electron chi connectivity index (χ4n) is 5.23. The van der Waals surface area contributed by atoms with Crippen molar-refractivity contribution in [2.75, 3.05) is 42.3 Å². The smallest absolute Gasteiger partial charge is 0.384 e. The number of aryl methyl sites for hydroxylation is 1. The van der Waals surface area contributed by atoms with Crippen LogP contribution < -0.4 is 16.0 Å². The summed E-state index contributed by atoms with van der Waals surface area (Å²) >= 11 is 0. The Balaban J connectivity index is 1.32. The third-order valence-electron chi connectivity index (χ3n) is 7.43. The minimum absolute atomic E-state index is 0.0655. The number of carbonyl (C=O) groups is 1. The maximum absolute atomic E-state index is 13.7. The van der Waals surface area contributed by atoms with Gasteiger partial charge in [0.15, 0.2) is 0 Å². The molecule has 0 bridgehead atoms. The molecule has 3 N–H and O–H groups in total. The van der Waals surface area contributed by atoms with Crippen LogP contribution in [-0.2, 0) is 10.9 Å². The highest BCUT2D eigenvalue weighted by Crippen LogP contribution is 2.34. The number of halogens is 3. The summed E-state index contributed by atoms with van der Waals surface area (Å²) in [6, 6.07) is 20.7. The predicted molar refractivity (Wildman–Crippen MR) is 158 cm³/mol. The minimum Gasteiger partial charge on any atom is -0.384 e. The zero-order valence-electron chi connectivity index (χ0n) is 22.8. The first-order chi connectivity index (χ1) is 20.2. The molecule has 214 valence electrons. The predicted octanol–water partition coefficient (Wildman–Crippen LogP) is 6.69. The highest BCUT2D eigenvalue weighted by atomic mass is 19.4. The average Bonchev–Trinajstić information content (AvgIpc) is 3.41. The Kier molecular flexibility index (Phi) is 7.07. The van der Waals surface area contributed by atoms with Crippen LogP contribution >= 0.6 is 0 Å². The molecule has 3 aromatic carbocycles. The van der Waals surface area contributed by atoms with E-state index in [4.69, 9.17) is 10.5 Å². The van der Waals surface area contributed by atoms with E-state index in [1.807, 2.05) is 54.1 Å². The summed E-state index contributed by atoms with van der Waals surface area (Å²) in [5.41, 5.74) is 10.4. The third-order valence-corrected chi connectivity index (χ3v) is 7.43. The number of hydrogen-bond donors (Lipinski definition) is 2. The summed E-state index contributed by atoms with van der Waals surface area (Å²) in [6.45, 7) is 3.70. The lowest BCUT2D eigenvalue weighted by molar-refractivity contribution is -0.137. The number of rotatable bonds is 5. The average molecular weight is 572 g/mol. The number of nitrogen functional groups attached to an aromatic ring is 1. The molecular weight excluding hydrogens is 543 g/mol. The van der Waals surface area contributed by atoms with Crippen molar-refractivity contribution in [1.82, 2.24) is 9.55 Å². The molecule has 1 saturated heterocycles. The molecule has 0 saturated carbocycles. The molecule has 10 heteroatoms. The molecule has 42 heavy (non-hydrogen) atoms. The zero-order chi connectivity index (χ0) is 29.4. The summed E-state index contributed by atoms with van der Waals surface area (Å²) in [6.07, 6.45) is -0.968. The van der Waals surface area contributed by atoms with E-state index in [-0.39, 0.29) is 5.56 Å². The van der Waals surface area contributed by atoms with E-state index in [9.17, 15) is 18.0 Å². The molecule has 1 aliphatic heterocycles. The molecule has 0 spiro atoms. The highest BCUT2D eigenvalue weighted by Gasteiger charge is 2.32. The quantitative estimate of drug-likeness (QED) is 0.246. The van der Waals surface area contributed by atoms with Gasteiger partial charge in [0.1, 0.15) is 5.82 Å². The lowest BCUT2D eigenvalue weighted by atomic mass is 9.98. The van der Waals surface area contributed by atoms with Gasteiger partial charge in [-0.3, -0.25) is 4.79 Å². The Morgan fingerprint density at radius 3 is 2.52 bits per heavy atom. The topological polar surface area (TPSA) is 85.4 Å². The number of nitrogens with two attached hydrogens (primary N) is 1. The van der Waals surface area contributed by atoms with Crippen LogP contribution in [0.2, 0.25) is 0 Å². The third kappa shape index (κ3) is 5.53. The summed E-state index contributed by atoms with van der Waals surface area (Å²) in [5, 5.41) is 3.84. The first kappa shape index (κ1) is 27.3. The van der Waals surface area contributed by atoms with E-state index < -0.39 is 17.6 Å². The number of pyridine rings is 1. The van der Waals surface area contributed by atoms with Gasteiger partial charge in [-0.2, -0.15) is 13.2 Å². The molecule has 0 aliphatic carbocycles. The van der Waals surface area contributed by atoms with Crippen molar-refractivity contribution in [3.63, 3.8) is 0 Å². The molecule has 0 atom stereocenters. The Morgan fingerprint density at radius 1 is 0.952 bits per heavy atom. The Labute approximate surface area is 240 Å². The number of anilines is 3. The highest BCUT2D eigenvalue weighted by molar-refractivity contribution is 6.05. The van der Waals surface area contributed by atoms with Crippen LogP contribution in [0.1, 0.15) is 21.5 Å². The number of amides is 1. The number of nitrogens with zero attached hydrogens (tertiary/aromatic N) is 3. The number of nitrogens with one attached hydrogen (secondary N) is 1. The number of ether oxygens (including phenoxy) is 1. The van der Waals surface area contributed by atoms with Crippen molar-refractivity contribution in [2.24, 2.45) is 0 Å². The summed E-state index contributed by atoms with van der Waals surface area (Å²) in [5.74, 6) is -0.201. The first-order valence-corrected chi connectivity index (χ1v) is 13.5. The molecule has 5 aromatic rings. The fraction of sp³-hybridized carbons (Fsp3) is 0.188. The molecule has 3 heterocycles. The van der Waals surface area contributed by atoms with E-state index in [1.54, 1.807) is 23.2 Å². The van der Waals surface area contributed by atoms with Crippen molar-refractivity contribution in [2.45, 2.75) is 13.1 Å². The number of aromatic nitrogens is 2. The molecule has 0 radical (unpaired) electrons. The number of carbonyl (C=O) groups excluding carboxylic acids is 1. The molecular formula is C32H28F3N5O2. The van der Waals surface area contributed by atoms with Gasteiger partial charge in [0.05, 0.1) is 30.0 Å². The van der Waals surface area contributed by atoms with Gasteiger partial charge in [-0.05, 0) is 77.5 Å². The van der Waals surface area contributed by atoms with Crippen LogP contribution in [0.5, 0.6) is 0 Å². The van der Waals surface area contributed by atoms with Crippen molar-refractivity contribution >= 4 is 34.0 Å². The van der Waals surface area contributed by atoms with Crippen molar-refractivity contribution in [3.8, 4) is 16.8 Å². The molecule has 2 aromatic heterocycles. The zero-order valence-corrected chi connectivity index (χ0v) is 22.8. The SMILES string of the molecule is Cc1ccc(NC(=O)c2cc(N3CCOCC3)cc(C(F)(F)F)c2)cc1-c1ccc2ccn(-c3ccnc(N)c3)c2c1. The fourth-order valence-corrected chi connectivity index (χ4v) is 5.23. The minimum atomic E-state index is -4.59. The largest absolute Gasteiger partial charge is 0.416 e. The van der Waals surface area contributed by atoms with Crippen LogP contribution in [0, 0.1) is 6.92 Å². The number of hydrogen-bond acceptors (Lipinski definition) is 5. The lowest BCUT2D eigenvalue weighted by Crippen LogP contribution is -2.36. The number of alkyl halides is 3. The van der Waals surface area contributed by atoms with Gasteiger partial charge >= 0.3 is 6.18 Å². The molecule has 1 amide bonds. The Hall–Kier alpha value is -4.83. The van der Waals surface area contributed by atoms with Crippen molar-refractivity contribution in [1.29, 1.82) is 0 Å². The van der Waals surface area contributed by atoms with Crippen molar-refractivity contribution in [3.05, 3.63) is 102 Å². The van der Waals surface area contributed by atoms with E-state index in [0.717, 1.165) is 45.4 Å². The van der Waals surface area contributed by atoms with Gasteiger partial charge in [-0.15, -0.1) is 0 Å². The standard InChI is InChI=1S/C32H28F3N5O2/c1-20-2-5-25(38-31(41)23-14-24(32(33,34)35)17-27(15-23)39-10-12-42-13-11-39)18-28(20)22-4-3-21-7-9-40(29(21)16-22)26-6-8-37-30(36)19-26/h2-9,14-19H,10-13H2,1H3,(H2,36,37)(H,38,41). The first-order valence-electron chi connectivity index (χ1n) is 13.5. The summed E-state index contributed by atoms with van der Waals surface area (Å²) in [7, 11) is 0. The van der Waals surface area contributed by atoms with E-state index in [1.165, 1.54) is 6.07 Å². The van der Waals surface area contributed by atoms with Gasteiger partial charge in [0, 0.05) is 48.5 Å². The summed E-state index contributed by atoms with van der Waals surface area (Å²) in [4.78, 5) is 19.2. The van der Waals surface area contributed by atoms with Crippen LogP contribution in [0.3, 0.4) is 0 Å².